The molecular formula is C26H32N4O5S. The molecule has 2 amide bonds. The summed E-state index contributed by atoms with van der Waals surface area (Å²) in [7, 11) is -3.96. The number of aromatic nitrogens is 1. The van der Waals surface area contributed by atoms with E-state index in [2.05, 4.69) is 16.3 Å². The molecule has 0 unspecified atom stereocenters. The molecule has 3 rings (SSSR count). The number of benzene rings is 1. The van der Waals surface area contributed by atoms with Gasteiger partial charge in [0.2, 0.25) is 0 Å². The first kappa shape index (κ1) is 26.9. The van der Waals surface area contributed by atoms with E-state index < -0.39 is 10.0 Å². The van der Waals surface area contributed by atoms with Crippen molar-refractivity contribution in [2.45, 2.75) is 20.8 Å². The van der Waals surface area contributed by atoms with Crippen LogP contribution in [0.15, 0.2) is 54.7 Å². The Balaban J connectivity index is 1.68. The maximum Gasteiger partial charge on any atom is 0.409 e. The Hall–Kier alpha value is -3.66. The number of nitrogens with one attached hydrogen (secondary N) is 1. The fraction of sp³-hybridized carbons (Fsp3) is 0.346. The van der Waals surface area contributed by atoms with Crippen molar-refractivity contribution >= 4 is 39.2 Å². The Bertz CT molecular complexity index is 1330. The van der Waals surface area contributed by atoms with Crippen molar-refractivity contribution in [3.05, 3.63) is 70.9 Å². The van der Waals surface area contributed by atoms with Crippen molar-refractivity contribution in [3.63, 3.8) is 0 Å². The number of rotatable bonds is 7. The van der Waals surface area contributed by atoms with Crippen LogP contribution in [0.1, 0.15) is 31.1 Å². The third-order valence-corrected chi connectivity index (χ3v) is 6.89. The van der Waals surface area contributed by atoms with Crippen LogP contribution in [0, 0.1) is 5.92 Å². The Morgan fingerprint density at radius 2 is 1.75 bits per heavy atom. The van der Waals surface area contributed by atoms with E-state index in [0.29, 0.717) is 49.3 Å². The largest absolute Gasteiger partial charge is 0.449 e. The van der Waals surface area contributed by atoms with E-state index in [1.165, 1.54) is 12.3 Å². The lowest BCUT2D eigenvalue weighted by Crippen LogP contribution is -2.50. The normalized spacial score (nSPS) is 15.2. The molecule has 1 saturated heterocycles. The summed E-state index contributed by atoms with van der Waals surface area (Å²) in [4.78, 5) is 32.5. The number of carbonyl (C=O) groups is 2. The Morgan fingerprint density at radius 3 is 2.33 bits per heavy atom. The van der Waals surface area contributed by atoms with Gasteiger partial charge in [-0.05, 0) is 54.5 Å². The lowest BCUT2D eigenvalue weighted by atomic mass is 10.1. The minimum atomic E-state index is -3.96. The summed E-state index contributed by atoms with van der Waals surface area (Å²) >= 11 is 0. The number of carbonyl (C=O) groups excluding carboxylic acids is 2. The highest BCUT2D eigenvalue weighted by Gasteiger charge is 2.26. The van der Waals surface area contributed by atoms with Crippen LogP contribution < -0.4 is 15.3 Å². The highest BCUT2D eigenvalue weighted by Crippen LogP contribution is 2.18. The molecule has 0 radical (unpaired) electrons. The summed E-state index contributed by atoms with van der Waals surface area (Å²) in [6.07, 6.45) is 4.24. The third-order valence-electron chi connectivity index (χ3n) is 5.48. The van der Waals surface area contributed by atoms with Crippen LogP contribution in [-0.2, 0) is 14.8 Å². The smallest absolute Gasteiger partial charge is 0.409 e. The molecule has 10 heteroatoms. The molecule has 2 aromatic rings. The van der Waals surface area contributed by atoms with Crippen molar-refractivity contribution in [1.29, 1.82) is 0 Å². The maximum absolute atomic E-state index is 13.1. The van der Waals surface area contributed by atoms with Gasteiger partial charge in [0.1, 0.15) is 4.91 Å². The zero-order valence-corrected chi connectivity index (χ0v) is 21.6. The minimum absolute atomic E-state index is 0.000504. The number of nitrogens with zero attached hydrogens (tertiary/aromatic N) is 3. The molecule has 1 aromatic carbocycles. The Kier molecular flexibility index (Phi) is 8.87. The number of pyridine rings is 1. The van der Waals surface area contributed by atoms with Crippen molar-refractivity contribution in [2.75, 3.05) is 37.5 Å². The van der Waals surface area contributed by atoms with Crippen LogP contribution in [0.4, 0.5) is 10.5 Å². The first-order valence-corrected chi connectivity index (χ1v) is 13.2. The lowest BCUT2D eigenvalue weighted by Gasteiger charge is -2.34. The fourth-order valence-electron chi connectivity index (χ4n) is 3.60. The second-order valence-electron chi connectivity index (χ2n) is 8.81. The van der Waals surface area contributed by atoms with Crippen LogP contribution in [-0.4, -0.2) is 68.0 Å². The molecule has 1 aliphatic heterocycles. The van der Waals surface area contributed by atoms with E-state index in [0.717, 1.165) is 0 Å². The molecule has 192 valence electrons. The molecule has 1 aromatic heterocycles. The number of ether oxygens (including phenoxy) is 1. The number of anilines is 1. The molecule has 0 aliphatic carbocycles. The molecule has 0 saturated carbocycles. The number of sulfonamides is 1. The number of amides is 2. The maximum atomic E-state index is 13.1. The molecule has 9 nitrogen and oxygen atoms in total. The molecule has 0 atom stereocenters. The van der Waals surface area contributed by atoms with E-state index in [9.17, 15) is 18.0 Å². The third kappa shape index (κ3) is 6.72. The van der Waals surface area contributed by atoms with Gasteiger partial charge in [-0.3, -0.25) is 14.5 Å². The molecule has 0 bridgehead atoms. The van der Waals surface area contributed by atoms with Gasteiger partial charge in [0.25, 0.3) is 15.9 Å². The minimum Gasteiger partial charge on any atom is -0.449 e. The van der Waals surface area contributed by atoms with Crippen molar-refractivity contribution in [1.82, 2.24) is 14.8 Å². The van der Waals surface area contributed by atoms with Crippen LogP contribution in [0.5, 0.6) is 0 Å². The van der Waals surface area contributed by atoms with Crippen LogP contribution in [0.2, 0.25) is 0 Å². The van der Waals surface area contributed by atoms with Gasteiger partial charge in [0.05, 0.1) is 12.0 Å². The predicted molar refractivity (Wildman–Crippen MR) is 140 cm³/mol. The quantitative estimate of drug-likeness (QED) is 0.609. The summed E-state index contributed by atoms with van der Waals surface area (Å²) in [5.41, 5.74) is 0.740. The van der Waals surface area contributed by atoms with Gasteiger partial charge in [0, 0.05) is 43.6 Å². The summed E-state index contributed by atoms with van der Waals surface area (Å²) in [6, 6.07) is 9.62. The van der Waals surface area contributed by atoms with Gasteiger partial charge in [-0.15, -0.1) is 0 Å². The van der Waals surface area contributed by atoms with E-state index in [1.54, 1.807) is 59.2 Å². The monoisotopic (exact) mass is 512 g/mol. The van der Waals surface area contributed by atoms with Gasteiger partial charge in [0.15, 0.2) is 0 Å². The second-order valence-corrected chi connectivity index (χ2v) is 10.5. The topological polar surface area (TPSA) is 109 Å². The Labute approximate surface area is 211 Å². The first-order chi connectivity index (χ1) is 17.1. The van der Waals surface area contributed by atoms with Gasteiger partial charge < -0.3 is 14.5 Å². The van der Waals surface area contributed by atoms with E-state index in [-0.39, 0.29) is 28.2 Å². The van der Waals surface area contributed by atoms with E-state index in [4.69, 9.17) is 4.74 Å². The zero-order chi connectivity index (χ0) is 26.3. The molecule has 1 fully saturated rings. The Morgan fingerprint density at radius 1 is 1.11 bits per heavy atom. The number of allylic oxidation sites excluding steroid dienone is 1. The van der Waals surface area contributed by atoms with Gasteiger partial charge in [-0.1, -0.05) is 32.6 Å². The lowest BCUT2D eigenvalue weighted by molar-refractivity contribution is 0.0535. The summed E-state index contributed by atoms with van der Waals surface area (Å²) < 4.78 is 34.0. The first-order valence-electron chi connectivity index (χ1n) is 11.7. The number of piperazine rings is 1. The van der Waals surface area contributed by atoms with Gasteiger partial charge >= 0.3 is 6.09 Å². The molecule has 0 spiro atoms. The number of hydrogen-bond acceptors (Lipinski definition) is 6. The zero-order valence-electron chi connectivity index (χ0n) is 20.8. The average Bonchev–Trinajstić information content (AvgIpc) is 2.86. The average molecular weight is 513 g/mol. The number of hydrogen-bond donors (Lipinski definition) is 1. The van der Waals surface area contributed by atoms with Crippen LogP contribution in [0.25, 0.3) is 11.5 Å². The summed E-state index contributed by atoms with van der Waals surface area (Å²) in [5.74, 6) is 0.0731. The standard InChI is InChI=1S/C26H32N4O5S/c1-5-7-23(24-20(4)8-6-13-27-24)36(33,34)28-22-11-9-21(10-12-22)25(31)29-14-16-30(17-15-29)26(32)35-18-19(2)3/h5-13,19,28H,4,14-18H2,1-3H3/b7-5-,24-23-. The van der Waals surface area contributed by atoms with E-state index >= 15 is 0 Å². The van der Waals surface area contributed by atoms with Crippen molar-refractivity contribution in [2.24, 2.45) is 5.92 Å². The van der Waals surface area contributed by atoms with E-state index in [1.807, 2.05) is 13.8 Å². The SMILES string of the molecule is C=c1cccn/c1=C(/C=C\C)S(=O)(=O)Nc1ccc(C(=O)N2CCN(C(=O)OCC(C)C)CC2)cc1. The van der Waals surface area contributed by atoms with Gasteiger partial charge in [-0.2, -0.15) is 0 Å². The molecule has 1 aliphatic rings. The summed E-state index contributed by atoms with van der Waals surface area (Å²) in [5, 5.41) is 0.757. The summed E-state index contributed by atoms with van der Waals surface area (Å²) in [6.45, 7) is 11.5. The van der Waals surface area contributed by atoms with Crippen LogP contribution in [0.3, 0.4) is 0 Å². The van der Waals surface area contributed by atoms with Crippen LogP contribution >= 0.6 is 0 Å². The highest BCUT2D eigenvalue weighted by atomic mass is 32.2. The molecule has 36 heavy (non-hydrogen) atoms. The fourth-order valence-corrected chi connectivity index (χ4v) is 4.91. The molecule has 2 heterocycles. The molecule has 1 N–H and O–H groups in total. The van der Waals surface area contributed by atoms with Crippen molar-refractivity contribution < 1.29 is 22.7 Å². The highest BCUT2D eigenvalue weighted by molar-refractivity contribution is 8.01. The predicted octanol–water partition coefficient (Wildman–Crippen LogP) is 2.17. The van der Waals surface area contributed by atoms with Gasteiger partial charge in [-0.25, -0.2) is 13.2 Å². The second kappa shape index (κ2) is 11.9. The molecular weight excluding hydrogens is 480 g/mol. The van der Waals surface area contributed by atoms with Crippen molar-refractivity contribution in [3.8, 4) is 0 Å².